The molecule has 2 N–H and O–H groups in total. The molecule has 0 saturated carbocycles. The number of ether oxygens (including phenoxy) is 1. The van der Waals surface area contributed by atoms with Crippen molar-refractivity contribution in [2.24, 2.45) is 0 Å². The topological polar surface area (TPSA) is 101 Å². The third-order valence-corrected chi connectivity index (χ3v) is 2.93. The molecule has 0 saturated heterocycles. The van der Waals surface area contributed by atoms with Gasteiger partial charge in [-0.05, 0) is 0 Å². The van der Waals surface area contributed by atoms with Crippen molar-refractivity contribution in [2.75, 3.05) is 6.61 Å². The van der Waals surface area contributed by atoms with Gasteiger partial charge >= 0.3 is 5.97 Å². The molecule has 98 valence electrons. The van der Waals surface area contributed by atoms with Gasteiger partial charge in [0.2, 0.25) is 0 Å². The van der Waals surface area contributed by atoms with Gasteiger partial charge in [0.25, 0.3) is 0 Å². The van der Waals surface area contributed by atoms with Crippen molar-refractivity contribution in [3.05, 3.63) is 23.3 Å². The van der Waals surface area contributed by atoms with Gasteiger partial charge in [-0.3, -0.25) is 14.4 Å². The van der Waals surface area contributed by atoms with Gasteiger partial charge < -0.3 is 14.9 Å². The van der Waals surface area contributed by atoms with Crippen LogP contribution in [0.2, 0.25) is 0 Å². The van der Waals surface area contributed by atoms with Gasteiger partial charge in [0.15, 0.2) is 0 Å². The maximum absolute atomic E-state index is 11.0. The molecule has 1 rings (SSSR count). The highest BCUT2D eigenvalue weighted by molar-refractivity contribution is 5.88. The van der Waals surface area contributed by atoms with E-state index in [1.165, 1.54) is 6.92 Å². The summed E-state index contributed by atoms with van der Waals surface area (Å²) < 4.78 is 4.90. The van der Waals surface area contributed by atoms with Crippen LogP contribution in [0.1, 0.15) is 13.3 Å². The summed E-state index contributed by atoms with van der Waals surface area (Å²) >= 11 is 0. The van der Waals surface area contributed by atoms with Crippen LogP contribution in [-0.2, 0) is 19.1 Å². The van der Waals surface area contributed by atoms with Crippen LogP contribution in [0.3, 0.4) is 0 Å². The first-order chi connectivity index (χ1) is 8.40. The van der Waals surface area contributed by atoms with Crippen LogP contribution in [-0.4, -0.2) is 47.1 Å². The Kier molecular flexibility index (Phi) is 4.15. The van der Waals surface area contributed by atoms with E-state index < -0.39 is 24.3 Å². The fourth-order valence-electron chi connectivity index (χ4n) is 2.02. The zero-order valence-electron chi connectivity index (χ0n) is 9.88. The number of hydrogen-bond donors (Lipinski definition) is 2. The standard InChI is InChI=1S/C12H14O6/c1-7(4-13)12(17)3-11(18-8(2)16)9(5-14)10(12)6-15/h4,6,11,14,17H,1,3,5H2,2H3. The second-order valence-electron chi connectivity index (χ2n) is 4.02. The SMILES string of the molecule is C=C(C=O)C1(O)CC(OC(C)=O)C(CO)=C1C=O. The molecular weight excluding hydrogens is 240 g/mol. The molecule has 0 aromatic heterocycles. The lowest BCUT2D eigenvalue weighted by atomic mass is 9.89. The van der Waals surface area contributed by atoms with Gasteiger partial charge in [-0.15, -0.1) is 0 Å². The van der Waals surface area contributed by atoms with Crippen LogP contribution in [0, 0.1) is 0 Å². The predicted molar refractivity (Wildman–Crippen MR) is 60.5 cm³/mol. The summed E-state index contributed by atoms with van der Waals surface area (Å²) in [7, 11) is 0. The third-order valence-electron chi connectivity index (χ3n) is 2.93. The summed E-state index contributed by atoms with van der Waals surface area (Å²) in [6.07, 6.45) is -0.471. The Morgan fingerprint density at radius 1 is 1.61 bits per heavy atom. The summed E-state index contributed by atoms with van der Waals surface area (Å²) in [5.74, 6) is -0.614. The monoisotopic (exact) mass is 254 g/mol. The number of aldehydes is 2. The number of aliphatic hydroxyl groups is 2. The molecule has 0 spiro atoms. The lowest BCUT2D eigenvalue weighted by Gasteiger charge is -2.23. The van der Waals surface area contributed by atoms with Crippen LogP contribution in [0.4, 0.5) is 0 Å². The number of carbonyl (C=O) groups excluding carboxylic acids is 3. The number of esters is 1. The smallest absolute Gasteiger partial charge is 0.303 e. The van der Waals surface area contributed by atoms with Crippen LogP contribution >= 0.6 is 0 Å². The second kappa shape index (κ2) is 5.24. The van der Waals surface area contributed by atoms with Crippen LogP contribution in [0.15, 0.2) is 23.3 Å². The average Bonchev–Trinajstić information content (AvgIpc) is 2.59. The minimum Gasteiger partial charge on any atom is -0.458 e. The van der Waals surface area contributed by atoms with Crippen molar-refractivity contribution < 1.29 is 29.3 Å². The van der Waals surface area contributed by atoms with E-state index in [9.17, 15) is 24.6 Å². The molecule has 0 radical (unpaired) electrons. The largest absolute Gasteiger partial charge is 0.458 e. The first kappa shape index (κ1) is 14.3. The van der Waals surface area contributed by atoms with Crippen molar-refractivity contribution in [3.63, 3.8) is 0 Å². The molecule has 0 aromatic carbocycles. The Morgan fingerprint density at radius 3 is 2.61 bits per heavy atom. The Hall–Kier alpha value is -1.79. The maximum atomic E-state index is 11.0. The van der Waals surface area contributed by atoms with Gasteiger partial charge in [-0.2, -0.15) is 0 Å². The number of rotatable bonds is 5. The summed E-state index contributed by atoms with van der Waals surface area (Å²) in [5, 5.41) is 19.5. The molecule has 6 heteroatoms. The number of aliphatic hydroxyl groups excluding tert-OH is 1. The highest BCUT2D eigenvalue weighted by Crippen LogP contribution is 2.40. The molecule has 6 nitrogen and oxygen atoms in total. The quantitative estimate of drug-likeness (QED) is 0.382. The second-order valence-corrected chi connectivity index (χ2v) is 4.02. The van der Waals surface area contributed by atoms with Crippen molar-refractivity contribution in [3.8, 4) is 0 Å². The van der Waals surface area contributed by atoms with E-state index in [1.54, 1.807) is 0 Å². The summed E-state index contributed by atoms with van der Waals surface area (Å²) in [5.41, 5.74) is -2.19. The van der Waals surface area contributed by atoms with Gasteiger partial charge in [-0.1, -0.05) is 6.58 Å². The van der Waals surface area contributed by atoms with E-state index in [0.29, 0.717) is 12.6 Å². The normalized spacial score (nSPS) is 26.9. The average molecular weight is 254 g/mol. The van der Waals surface area contributed by atoms with Crippen LogP contribution in [0.5, 0.6) is 0 Å². The molecule has 0 aromatic rings. The summed E-state index contributed by atoms with van der Waals surface area (Å²) in [6.45, 7) is 3.99. The first-order valence-corrected chi connectivity index (χ1v) is 5.24. The van der Waals surface area contributed by atoms with E-state index in [0.717, 1.165) is 0 Å². The zero-order chi connectivity index (χ0) is 13.9. The molecular formula is C12H14O6. The minimum absolute atomic E-state index is 0.0886. The van der Waals surface area contributed by atoms with Crippen molar-refractivity contribution >= 4 is 18.5 Å². The highest BCUT2D eigenvalue weighted by atomic mass is 16.5. The fraction of sp³-hybridized carbons (Fsp3) is 0.417. The van der Waals surface area contributed by atoms with E-state index >= 15 is 0 Å². The van der Waals surface area contributed by atoms with Crippen molar-refractivity contribution in [1.82, 2.24) is 0 Å². The molecule has 0 amide bonds. The molecule has 0 aliphatic heterocycles. The van der Waals surface area contributed by atoms with Crippen molar-refractivity contribution in [1.29, 1.82) is 0 Å². The lowest BCUT2D eigenvalue weighted by molar-refractivity contribution is -0.145. The molecule has 1 aliphatic rings. The predicted octanol–water partition coefficient (Wildman–Crippen LogP) is -0.704. The minimum atomic E-state index is -1.89. The number of carbonyl (C=O) groups is 3. The molecule has 2 atom stereocenters. The van der Waals surface area contributed by atoms with E-state index in [-0.39, 0.29) is 23.1 Å². The first-order valence-electron chi connectivity index (χ1n) is 5.24. The highest BCUT2D eigenvalue weighted by Gasteiger charge is 2.47. The van der Waals surface area contributed by atoms with Gasteiger partial charge in [0.1, 0.15) is 24.3 Å². The van der Waals surface area contributed by atoms with E-state index in [1.807, 2.05) is 0 Å². The molecule has 0 fully saturated rings. The Balaban J connectivity index is 3.24. The Bertz CT molecular complexity index is 436. The Labute approximate surface area is 104 Å². The van der Waals surface area contributed by atoms with Gasteiger partial charge in [0.05, 0.1) is 6.61 Å². The summed E-state index contributed by atoms with van der Waals surface area (Å²) in [6, 6.07) is 0. The van der Waals surface area contributed by atoms with Crippen molar-refractivity contribution in [2.45, 2.75) is 25.0 Å². The van der Waals surface area contributed by atoms with E-state index in [4.69, 9.17) is 4.74 Å². The lowest BCUT2D eigenvalue weighted by Crippen LogP contribution is -2.33. The zero-order valence-corrected chi connectivity index (χ0v) is 9.88. The number of hydrogen-bond acceptors (Lipinski definition) is 6. The van der Waals surface area contributed by atoms with Gasteiger partial charge in [-0.25, -0.2) is 0 Å². The Morgan fingerprint density at radius 2 is 2.22 bits per heavy atom. The maximum Gasteiger partial charge on any atom is 0.303 e. The molecule has 0 heterocycles. The molecule has 0 bridgehead atoms. The van der Waals surface area contributed by atoms with Crippen LogP contribution in [0.25, 0.3) is 0 Å². The molecule has 18 heavy (non-hydrogen) atoms. The van der Waals surface area contributed by atoms with E-state index in [2.05, 4.69) is 6.58 Å². The molecule has 1 aliphatic carbocycles. The molecule has 2 unspecified atom stereocenters. The third kappa shape index (κ3) is 2.25. The summed E-state index contributed by atoms with van der Waals surface area (Å²) in [4.78, 5) is 32.6. The van der Waals surface area contributed by atoms with Gasteiger partial charge in [0, 0.05) is 30.1 Å². The van der Waals surface area contributed by atoms with Crippen LogP contribution < -0.4 is 0 Å². The fourth-order valence-corrected chi connectivity index (χ4v) is 2.02.